The van der Waals surface area contributed by atoms with Gasteiger partial charge in [-0.2, -0.15) is 5.26 Å². The number of nitrogens with one attached hydrogen (secondary N) is 1. The number of aliphatic hydroxyl groups is 1. The molecule has 3 nitrogen and oxygen atoms in total. The zero-order valence-corrected chi connectivity index (χ0v) is 12.7. The Morgan fingerprint density at radius 2 is 2.05 bits per heavy atom. The molecule has 1 rings (SSSR count). The summed E-state index contributed by atoms with van der Waals surface area (Å²) in [5.41, 5.74) is 0.566. The number of allylic oxidation sites excluding steroid dienone is 1. The standard InChI is InChI=1S/C13H12Cl2N2OS/c1-7(2)12(18)9(6-16)13(19)17-11-4-3-8(14)5-10(11)15/h3-5,7,18H,1-2H3,(H,17,19). The van der Waals surface area contributed by atoms with Crippen molar-refractivity contribution in [3.05, 3.63) is 39.6 Å². The average Bonchev–Trinajstić information content (AvgIpc) is 2.33. The normalized spacial score (nSPS) is 11.8. The van der Waals surface area contributed by atoms with Crippen LogP contribution in [0.1, 0.15) is 13.8 Å². The molecule has 1 aromatic rings. The number of hydrogen-bond donors (Lipinski definition) is 2. The molecule has 0 spiro atoms. The highest BCUT2D eigenvalue weighted by atomic mass is 35.5. The first-order chi connectivity index (χ1) is 8.86. The molecule has 0 aliphatic carbocycles. The van der Waals surface area contributed by atoms with Crippen LogP contribution in [0.5, 0.6) is 0 Å². The van der Waals surface area contributed by atoms with Crippen LogP contribution in [0.4, 0.5) is 5.69 Å². The maximum absolute atomic E-state index is 9.82. The van der Waals surface area contributed by atoms with Gasteiger partial charge in [-0.1, -0.05) is 49.3 Å². The van der Waals surface area contributed by atoms with Gasteiger partial charge in [-0.25, -0.2) is 0 Å². The van der Waals surface area contributed by atoms with Crippen molar-refractivity contribution in [2.75, 3.05) is 5.32 Å². The second kappa shape index (κ2) is 6.76. The number of aliphatic hydroxyl groups excluding tert-OH is 1. The summed E-state index contributed by atoms with van der Waals surface area (Å²) in [5, 5.41) is 22.6. The van der Waals surface area contributed by atoms with Crippen molar-refractivity contribution >= 4 is 46.1 Å². The molecule has 2 N–H and O–H groups in total. The molecule has 0 aliphatic rings. The van der Waals surface area contributed by atoms with Crippen molar-refractivity contribution in [3.63, 3.8) is 0 Å². The quantitative estimate of drug-likeness (QED) is 0.367. The van der Waals surface area contributed by atoms with Gasteiger partial charge in [0.1, 0.15) is 22.4 Å². The molecule has 0 saturated carbocycles. The molecule has 19 heavy (non-hydrogen) atoms. The van der Waals surface area contributed by atoms with E-state index in [2.05, 4.69) is 5.32 Å². The number of nitriles is 1. The Labute approximate surface area is 127 Å². The lowest BCUT2D eigenvalue weighted by molar-refractivity contribution is 0.350. The summed E-state index contributed by atoms with van der Waals surface area (Å²) in [6.07, 6.45) is 0. The Morgan fingerprint density at radius 1 is 1.42 bits per heavy atom. The van der Waals surface area contributed by atoms with Crippen LogP contribution in [0.25, 0.3) is 0 Å². The Bertz CT molecular complexity index is 576. The molecule has 100 valence electrons. The number of rotatable bonds is 3. The average molecular weight is 315 g/mol. The molecule has 0 unspecified atom stereocenters. The van der Waals surface area contributed by atoms with Crippen molar-refractivity contribution in [1.82, 2.24) is 0 Å². The fourth-order valence-electron chi connectivity index (χ4n) is 1.29. The second-order valence-corrected chi connectivity index (χ2v) is 5.36. The first-order valence-corrected chi connectivity index (χ1v) is 6.62. The first kappa shape index (κ1) is 15.8. The summed E-state index contributed by atoms with van der Waals surface area (Å²) < 4.78 is 0. The fourth-order valence-corrected chi connectivity index (χ4v) is 2.00. The van der Waals surface area contributed by atoms with Crippen molar-refractivity contribution in [1.29, 1.82) is 5.26 Å². The van der Waals surface area contributed by atoms with Crippen LogP contribution in [0.15, 0.2) is 29.5 Å². The van der Waals surface area contributed by atoms with E-state index in [1.165, 1.54) is 0 Å². The van der Waals surface area contributed by atoms with Crippen molar-refractivity contribution in [2.45, 2.75) is 13.8 Å². The van der Waals surface area contributed by atoms with Gasteiger partial charge in [0.15, 0.2) is 0 Å². The van der Waals surface area contributed by atoms with E-state index in [0.717, 1.165) is 0 Å². The maximum atomic E-state index is 9.82. The van der Waals surface area contributed by atoms with E-state index in [-0.39, 0.29) is 22.2 Å². The van der Waals surface area contributed by atoms with E-state index in [1.54, 1.807) is 32.0 Å². The summed E-state index contributed by atoms with van der Waals surface area (Å²) in [6.45, 7) is 3.54. The van der Waals surface area contributed by atoms with Crippen molar-refractivity contribution in [3.8, 4) is 6.07 Å². The van der Waals surface area contributed by atoms with Crippen LogP contribution in [0, 0.1) is 17.2 Å². The molecule has 0 heterocycles. The summed E-state index contributed by atoms with van der Waals surface area (Å²) in [6, 6.07) is 6.75. The van der Waals surface area contributed by atoms with E-state index in [4.69, 9.17) is 40.7 Å². The van der Waals surface area contributed by atoms with Gasteiger partial charge < -0.3 is 10.4 Å². The molecule has 0 bridgehead atoms. The van der Waals surface area contributed by atoms with Crippen molar-refractivity contribution < 1.29 is 5.11 Å². The fraction of sp³-hybridized carbons (Fsp3) is 0.231. The summed E-state index contributed by atoms with van der Waals surface area (Å²) in [7, 11) is 0. The molecule has 0 fully saturated rings. The van der Waals surface area contributed by atoms with Gasteiger partial charge in [-0.05, 0) is 18.2 Å². The molecule has 6 heteroatoms. The highest BCUT2D eigenvalue weighted by molar-refractivity contribution is 7.81. The smallest absolute Gasteiger partial charge is 0.125 e. The summed E-state index contributed by atoms with van der Waals surface area (Å²) in [5.74, 6) is -0.236. The monoisotopic (exact) mass is 314 g/mol. The Morgan fingerprint density at radius 3 is 2.53 bits per heavy atom. The second-order valence-electron chi connectivity index (χ2n) is 4.11. The third kappa shape index (κ3) is 4.10. The lowest BCUT2D eigenvalue weighted by atomic mass is 10.1. The van der Waals surface area contributed by atoms with E-state index in [9.17, 15) is 5.11 Å². The molecule has 0 amide bonds. The predicted octanol–water partition coefficient (Wildman–Crippen LogP) is 4.72. The van der Waals surface area contributed by atoms with E-state index in [0.29, 0.717) is 15.7 Å². The Balaban J connectivity index is 3.03. The minimum Gasteiger partial charge on any atom is -0.511 e. The van der Waals surface area contributed by atoms with Gasteiger partial charge in [0.05, 0.1) is 10.7 Å². The van der Waals surface area contributed by atoms with Crippen LogP contribution in [0.3, 0.4) is 0 Å². The highest BCUT2D eigenvalue weighted by Crippen LogP contribution is 2.26. The van der Waals surface area contributed by atoms with E-state index in [1.807, 2.05) is 6.07 Å². The lowest BCUT2D eigenvalue weighted by Crippen LogP contribution is -2.15. The van der Waals surface area contributed by atoms with Gasteiger partial charge in [0.25, 0.3) is 0 Å². The predicted molar refractivity (Wildman–Crippen MR) is 82.8 cm³/mol. The number of anilines is 1. The minimum absolute atomic E-state index is 0.0380. The van der Waals surface area contributed by atoms with Crippen molar-refractivity contribution in [2.24, 2.45) is 5.92 Å². The number of hydrogen-bond acceptors (Lipinski definition) is 3. The largest absolute Gasteiger partial charge is 0.511 e. The molecular formula is C13H12Cl2N2OS. The number of nitrogens with zero attached hydrogens (tertiary/aromatic N) is 1. The van der Waals surface area contributed by atoms with Gasteiger partial charge in [0.2, 0.25) is 0 Å². The lowest BCUT2D eigenvalue weighted by Gasteiger charge is -2.12. The van der Waals surface area contributed by atoms with E-state index < -0.39 is 0 Å². The number of halogens is 2. The van der Waals surface area contributed by atoms with Crippen LogP contribution in [-0.4, -0.2) is 10.1 Å². The van der Waals surface area contributed by atoms with Crippen LogP contribution < -0.4 is 5.32 Å². The molecular weight excluding hydrogens is 303 g/mol. The molecule has 1 aromatic carbocycles. The third-order valence-electron chi connectivity index (χ3n) is 2.32. The zero-order valence-electron chi connectivity index (χ0n) is 10.4. The first-order valence-electron chi connectivity index (χ1n) is 5.46. The van der Waals surface area contributed by atoms with Gasteiger partial charge >= 0.3 is 0 Å². The SMILES string of the molecule is CC(C)C(O)=C(C#N)C(=S)Nc1ccc(Cl)cc1Cl. The zero-order chi connectivity index (χ0) is 14.6. The highest BCUT2D eigenvalue weighted by Gasteiger charge is 2.15. The molecule has 0 aliphatic heterocycles. The number of thiocarbonyl (C=S) groups is 1. The molecule has 0 radical (unpaired) electrons. The van der Waals surface area contributed by atoms with Crippen LogP contribution in [-0.2, 0) is 0 Å². The summed E-state index contributed by atoms with van der Waals surface area (Å²) in [4.78, 5) is 0.123. The van der Waals surface area contributed by atoms with Crippen LogP contribution in [0.2, 0.25) is 10.0 Å². The summed E-state index contributed by atoms with van der Waals surface area (Å²) >= 11 is 16.9. The molecule has 0 aromatic heterocycles. The van der Waals surface area contributed by atoms with Crippen LogP contribution >= 0.6 is 35.4 Å². The van der Waals surface area contributed by atoms with Gasteiger partial charge in [-0.3, -0.25) is 0 Å². The number of benzene rings is 1. The Kier molecular flexibility index (Phi) is 5.61. The topological polar surface area (TPSA) is 56.0 Å². The van der Waals surface area contributed by atoms with Gasteiger partial charge in [-0.15, -0.1) is 0 Å². The molecule has 0 atom stereocenters. The minimum atomic E-state index is -0.185. The maximum Gasteiger partial charge on any atom is 0.125 e. The molecule has 0 saturated heterocycles. The van der Waals surface area contributed by atoms with Gasteiger partial charge in [0, 0.05) is 10.9 Å². The Hall–Kier alpha value is -1.28. The van der Waals surface area contributed by atoms with E-state index >= 15 is 0 Å². The third-order valence-corrected chi connectivity index (χ3v) is 3.18.